The van der Waals surface area contributed by atoms with E-state index in [0.29, 0.717) is 19.3 Å². The highest BCUT2D eigenvalue weighted by Gasteiger charge is 2.56. The average Bonchev–Trinajstić information content (AvgIpc) is 3.28. The van der Waals surface area contributed by atoms with Gasteiger partial charge in [-0.1, -0.05) is 140 Å². The first-order valence-electron chi connectivity index (χ1n) is 24.9. The monoisotopic (exact) mass is 1050 g/mol. The molecule has 0 amide bonds. The summed E-state index contributed by atoms with van der Waals surface area (Å²) in [6, 6.07) is 0. The molecule has 0 bridgehead atoms. The number of carbonyl (C=O) groups is 2. The van der Waals surface area contributed by atoms with Gasteiger partial charge < -0.3 is 49.3 Å². The zero-order valence-corrected chi connectivity index (χ0v) is 43.6. The fraction of sp³-hybridized carbons (Fsp3) is 0.787. The molecule has 0 aliphatic heterocycles. The van der Waals surface area contributed by atoms with Crippen LogP contribution >= 0.6 is 23.5 Å². The molecule has 5 unspecified atom stereocenters. The Morgan fingerprint density at radius 2 is 0.841 bits per heavy atom. The molecular weight excluding hydrogens is 961 g/mol. The van der Waals surface area contributed by atoms with E-state index in [4.69, 9.17) is 18.5 Å². The van der Waals surface area contributed by atoms with Gasteiger partial charge in [-0.15, -0.1) is 0 Å². The summed E-state index contributed by atoms with van der Waals surface area (Å²) in [4.78, 5) is 73.3. The summed E-state index contributed by atoms with van der Waals surface area (Å²) in [5, 5.41) is 31.9. The van der Waals surface area contributed by atoms with E-state index in [0.717, 1.165) is 77.0 Å². The van der Waals surface area contributed by atoms with Crippen LogP contribution in [0.4, 0.5) is 0 Å². The Morgan fingerprint density at radius 3 is 1.33 bits per heavy atom. The van der Waals surface area contributed by atoms with Crippen LogP contribution in [-0.2, 0) is 50.9 Å². The van der Waals surface area contributed by atoms with E-state index in [9.17, 15) is 63.1 Å². The van der Waals surface area contributed by atoms with Gasteiger partial charge in [-0.25, -0.2) is 13.7 Å². The molecule has 0 heterocycles. The van der Waals surface area contributed by atoms with Crippen molar-refractivity contribution >= 4 is 35.4 Å². The number of rotatable bonds is 42. The summed E-state index contributed by atoms with van der Waals surface area (Å²) >= 11 is 0. The van der Waals surface area contributed by atoms with Crippen molar-refractivity contribution in [2.45, 2.75) is 224 Å². The van der Waals surface area contributed by atoms with Crippen molar-refractivity contribution in [1.82, 2.24) is 0 Å². The molecule has 1 fully saturated rings. The van der Waals surface area contributed by atoms with Crippen molar-refractivity contribution in [3.05, 3.63) is 48.6 Å². The van der Waals surface area contributed by atoms with Crippen molar-refractivity contribution in [1.29, 1.82) is 0 Å². The molecule has 0 aromatic rings. The van der Waals surface area contributed by atoms with E-state index in [1.54, 1.807) is 0 Å². The van der Waals surface area contributed by atoms with Gasteiger partial charge in [0.25, 0.3) is 0 Å². The highest BCUT2D eigenvalue weighted by atomic mass is 31.2. The lowest BCUT2D eigenvalue weighted by atomic mass is 9.85. The standard InChI is InChI=1S/C47H85O19P3/c1-3-5-7-9-11-13-15-17-19-20-22-24-26-28-30-32-34-36-41(49)63-39(37-61-40(48)35-33-31-29-27-25-23-21-18-16-14-12-10-8-6-4-2)38-62-69(59,60)66-45-42(50)43(51)46(64-67(53,54)55)47(44(45)52)65-68(56,57)58/h11,13,17-19,21-22,24,39,42-47,50-52H,3-10,12,14-16,20,23,25-38H2,1-2H3,(H,59,60)(H2,53,54,55)(H2,56,57,58)/t39-,42?,43?,44?,45+,46?,47+/m1/s1. The second-order valence-corrected chi connectivity index (χ2v) is 21.2. The van der Waals surface area contributed by atoms with E-state index in [1.807, 2.05) is 0 Å². The third-order valence-corrected chi connectivity index (χ3v) is 13.1. The largest absolute Gasteiger partial charge is 0.472 e. The lowest BCUT2D eigenvalue weighted by Gasteiger charge is -2.44. The van der Waals surface area contributed by atoms with Gasteiger partial charge in [0.2, 0.25) is 0 Å². The SMILES string of the molecule is CCCCCC=CCC=CCC=CCCCCCCC(=O)O[C@H](COC(=O)CCCCCCCC=CCCCCCCCC)COP(=O)(O)O[C@H]1C(O)C(O)C(OP(=O)(O)O)[C@@H](OP(=O)(O)O)C1O. The zero-order valence-electron chi connectivity index (χ0n) is 40.9. The van der Waals surface area contributed by atoms with Crippen LogP contribution in [0, 0.1) is 0 Å². The van der Waals surface area contributed by atoms with Crippen LogP contribution in [0.15, 0.2) is 48.6 Å². The lowest BCUT2D eigenvalue weighted by Crippen LogP contribution is -2.65. The predicted octanol–water partition coefficient (Wildman–Crippen LogP) is 9.40. The Bertz CT molecular complexity index is 1630. The quantitative estimate of drug-likeness (QED) is 0.0122. The third-order valence-electron chi connectivity index (χ3n) is 11.1. The molecule has 69 heavy (non-hydrogen) atoms. The van der Waals surface area contributed by atoms with Gasteiger partial charge in [-0.3, -0.25) is 27.7 Å². The molecule has 0 spiro atoms. The second-order valence-electron chi connectivity index (χ2n) is 17.4. The minimum atomic E-state index is -5.61. The summed E-state index contributed by atoms with van der Waals surface area (Å²) < 4.78 is 65.5. The predicted molar refractivity (Wildman–Crippen MR) is 261 cm³/mol. The lowest BCUT2D eigenvalue weighted by molar-refractivity contribution is -0.213. The zero-order chi connectivity index (χ0) is 51.4. The molecule has 8 atom stereocenters. The van der Waals surface area contributed by atoms with E-state index in [1.165, 1.54) is 57.8 Å². The molecule has 1 aliphatic carbocycles. The minimum absolute atomic E-state index is 0.0303. The highest BCUT2D eigenvalue weighted by Crippen LogP contribution is 2.51. The van der Waals surface area contributed by atoms with Gasteiger partial charge >= 0.3 is 35.4 Å². The van der Waals surface area contributed by atoms with Crippen LogP contribution in [0.5, 0.6) is 0 Å². The molecule has 22 heteroatoms. The maximum Gasteiger partial charge on any atom is 0.472 e. The molecule has 8 N–H and O–H groups in total. The van der Waals surface area contributed by atoms with Crippen molar-refractivity contribution in [2.75, 3.05) is 13.2 Å². The fourth-order valence-electron chi connectivity index (χ4n) is 7.35. The van der Waals surface area contributed by atoms with Crippen LogP contribution in [0.25, 0.3) is 0 Å². The van der Waals surface area contributed by atoms with Crippen LogP contribution < -0.4 is 0 Å². The smallest absolute Gasteiger partial charge is 0.462 e. The number of ether oxygens (including phenoxy) is 2. The molecule has 1 rings (SSSR count). The minimum Gasteiger partial charge on any atom is -0.462 e. The van der Waals surface area contributed by atoms with Gasteiger partial charge in [0, 0.05) is 12.8 Å². The normalized spacial score (nSPS) is 21.7. The fourth-order valence-corrected chi connectivity index (χ4v) is 9.44. The molecule has 0 aromatic carbocycles. The average molecular weight is 1050 g/mol. The van der Waals surface area contributed by atoms with Crippen LogP contribution in [0.1, 0.15) is 181 Å². The number of aliphatic hydroxyl groups is 3. The third kappa shape index (κ3) is 35.0. The van der Waals surface area contributed by atoms with E-state index >= 15 is 0 Å². The topological polar surface area (TPSA) is 303 Å². The number of aliphatic hydroxyl groups excluding tert-OH is 3. The first kappa shape index (κ1) is 65.1. The molecule has 402 valence electrons. The molecular formula is C47H85O19P3. The summed E-state index contributed by atoms with van der Waals surface area (Å²) in [5.41, 5.74) is 0. The van der Waals surface area contributed by atoms with Crippen molar-refractivity contribution in [3.8, 4) is 0 Å². The summed E-state index contributed by atoms with van der Waals surface area (Å²) in [6.45, 7) is 2.89. The Kier molecular flexibility index (Phi) is 36.5. The number of esters is 2. The molecule has 0 radical (unpaired) electrons. The number of phosphoric acid groups is 3. The van der Waals surface area contributed by atoms with Gasteiger partial charge in [-0.05, 0) is 77.0 Å². The van der Waals surface area contributed by atoms with Crippen LogP contribution in [0.2, 0.25) is 0 Å². The summed E-state index contributed by atoms with van der Waals surface area (Å²) in [5.74, 6) is -1.33. The second kappa shape index (κ2) is 38.7. The van der Waals surface area contributed by atoms with E-state index < -0.39 is 91.3 Å². The summed E-state index contributed by atoms with van der Waals surface area (Å²) in [7, 11) is -16.6. The molecule has 0 saturated heterocycles. The van der Waals surface area contributed by atoms with Crippen molar-refractivity contribution < 1.29 is 90.6 Å². The Labute approximate surface area is 410 Å². The van der Waals surface area contributed by atoms with Gasteiger partial charge in [0.15, 0.2) is 6.10 Å². The molecule has 1 aliphatic rings. The molecule has 19 nitrogen and oxygen atoms in total. The number of hydrogen-bond donors (Lipinski definition) is 8. The number of allylic oxidation sites excluding steroid dienone is 8. The Balaban J connectivity index is 2.74. The Hall–Kier alpha value is -1.89. The first-order chi connectivity index (χ1) is 32.8. The van der Waals surface area contributed by atoms with Crippen LogP contribution in [-0.4, -0.2) is 108 Å². The van der Waals surface area contributed by atoms with Gasteiger partial charge in [0.1, 0.15) is 43.2 Å². The molecule has 1 saturated carbocycles. The van der Waals surface area contributed by atoms with Crippen LogP contribution in [0.3, 0.4) is 0 Å². The highest BCUT2D eigenvalue weighted by molar-refractivity contribution is 7.47. The number of phosphoric ester groups is 3. The number of carbonyl (C=O) groups excluding carboxylic acids is 2. The maximum atomic E-state index is 13.1. The van der Waals surface area contributed by atoms with E-state index in [2.05, 4.69) is 71.5 Å². The van der Waals surface area contributed by atoms with Crippen molar-refractivity contribution in [2.24, 2.45) is 0 Å². The first-order valence-corrected chi connectivity index (χ1v) is 29.5. The maximum absolute atomic E-state index is 13.1. The van der Waals surface area contributed by atoms with E-state index in [-0.39, 0.29) is 12.8 Å². The number of hydrogen-bond acceptors (Lipinski definition) is 14. The molecule has 0 aromatic heterocycles. The Morgan fingerprint density at radius 1 is 0.464 bits per heavy atom. The van der Waals surface area contributed by atoms with Crippen molar-refractivity contribution in [3.63, 3.8) is 0 Å². The van der Waals surface area contributed by atoms with Gasteiger partial charge in [0.05, 0.1) is 6.61 Å². The number of unbranched alkanes of at least 4 members (excludes halogenated alkanes) is 18. The van der Waals surface area contributed by atoms with Gasteiger partial charge in [-0.2, -0.15) is 0 Å². The summed E-state index contributed by atoms with van der Waals surface area (Å²) in [6.07, 6.45) is 25.5.